The van der Waals surface area contributed by atoms with E-state index in [4.69, 9.17) is 4.74 Å². The van der Waals surface area contributed by atoms with Gasteiger partial charge in [0.15, 0.2) is 5.54 Å². The third kappa shape index (κ3) is 6.93. The van der Waals surface area contributed by atoms with Crippen LogP contribution in [0.1, 0.15) is 20.8 Å². The molecule has 6 heteroatoms. The third-order valence-corrected chi connectivity index (χ3v) is 2.06. The van der Waals surface area contributed by atoms with Crippen molar-refractivity contribution in [1.82, 2.24) is 4.90 Å². The van der Waals surface area contributed by atoms with E-state index in [1.807, 2.05) is 19.0 Å². The van der Waals surface area contributed by atoms with Crippen LogP contribution in [0, 0.1) is 0 Å². The Kier molecular flexibility index (Phi) is 7.08. The predicted octanol–water partition coefficient (Wildman–Crippen LogP) is 0.631. The second-order valence-electron chi connectivity index (χ2n) is 4.72. The standard InChI is InChI=1S/C12H21N3O3/c1-10(8-16)13-9-14-12(2,3)11(17)18-7-6-15(4)5/h8,10H,6-7H2,1-5H3. The van der Waals surface area contributed by atoms with Crippen molar-refractivity contribution >= 4 is 18.3 Å². The summed E-state index contributed by atoms with van der Waals surface area (Å²) < 4.78 is 5.08. The van der Waals surface area contributed by atoms with E-state index in [2.05, 4.69) is 16.0 Å². The van der Waals surface area contributed by atoms with Gasteiger partial charge in [-0.25, -0.2) is 14.8 Å². The fraction of sp³-hybridized carbons (Fsp3) is 0.750. The molecule has 0 aromatic carbocycles. The molecule has 0 amide bonds. The fourth-order valence-electron chi connectivity index (χ4n) is 0.819. The SMILES string of the molecule is CC(C=O)N=C=NC(C)(C)C(=O)OCCN(C)C. The van der Waals surface area contributed by atoms with Crippen LogP contribution in [0.3, 0.4) is 0 Å². The Bertz CT molecular complexity index is 344. The van der Waals surface area contributed by atoms with Gasteiger partial charge >= 0.3 is 5.97 Å². The molecule has 0 heterocycles. The first-order chi connectivity index (χ1) is 8.29. The number of rotatable bonds is 7. The van der Waals surface area contributed by atoms with Crippen LogP contribution in [-0.4, -0.2) is 62.0 Å². The summed E-state index contributed by atoms with van der Waals surface area (Å²) in [6.07, 6.45) is 0.672. The number of nitrogens with zero attached hydrogens (tertiary/aromatic N) is 3. The molecule has 0 aliphatic heterocycles. The molecule has 0 aliphatic carbocycles. The number of likely N-dealkylation sites (N-methyl/N-ethyl adjacent to an activating group) is 1. The minimum absolute atomic E-state index is 0.312. The average Bonchev–Trinajstić information content (AvgIpc) is 2.27. The molecule has 0 aromatic heterocycles. The van der Waals surface area contributed by atoms with Gasteiger partial charge in [0.25, 0.3) is 0 Å². The molecule has 0 N–H and O–H groups in total. The summed E-state index contributed by atoms with van der Waals surface area (Å²) in [6, 6.07) is 1.86. The van der Waals surface area contributed by atoms with E-state index in [0.29, 0.717) is 19.4 Å². The number of ether oxygens (including phenoxy) is 1. The van der Waals surface area contributed by atoms with Gasteiger partial charge in [-0.05, 0) is 34.9 Å². The van der Waals surface area contributed by atoms with E-state index in [0.717, 1.165) is 0 Å². The van der Waals surface area contributed by atoms with Crippen molar-refractivity contribution in [3.8, 4) is 0 Å². The first-order valence-electron chi connectivity index (χ1n) is 5.73. The maximum absolute atomic E-state index is 11.7. The van der Waals surface area contributed by atoms with Gasteiger partial charge in [-0.2, -0.15) is 0 Å². The number of carbonyl (C=O) groups excluding carboxylic acids is 2. The molecule has 0 aliphatic rings. The van der Waals surface area contributed by atoms with Crippen molar-refractivity contribution in [3.63, 3.8) is 0 Å². The Labute approximate surface area is 108 Å². The minimum Gasteiger partial charge on any atom is -0.463 e. The Balaban J connectivity index is 4.39. The fourth-order valence-corrected chi connectivity index (χ4v) is 0.819. The lowest BCUT2D eigenvalue weighted by atomic mass is 10.1. The summed E-state index contributed by atoms with van der Waals surface area (Å²) in [7, 11) is 3.79. The Morgan fingerprint density at radius 3 is 2.61 bits per heavy atom. The highest BCUT2D eigenvalue weighted by atomic mass is 16.5. The van der Waals surface area contributed by atoms with Crippen molar-refractivity contribution in [2.75, 3.05) is 27.2 Å². The van der Waals surface area contributed by atoms with E-state index in [1.165, 1.54) is 0 Å². The van der Waals surface area contributed by atoms with Gasteiger partial charge in [0, 0.05) is 6.54 Å². The van der Waals surface area contributed by atoms with Crippen molar-refractivity contribution in [3.05, 3.63) is 0 Å². The molecule has 0 aromatic rings. The second kappa shape index (κ2) is 7.74. The summed E-state index contributed by atoms with van der Waals surface area (Å²) in [5.74, 6) is -0.439. The zero-order valence-electron chi connectivity index (χ0n) is 11.6. The molecule has 6 nitrogen and oxygen atoms in total. The van der Waals surface area contributed by atoms with Crippen LogP contribution in [0.5, 0.6) is 0 Å². The van der Waals surface area contributed by atoms with Crippen LogP contribution >= 0.6 is 0 Å². The van der Waals surface area contributed by atoms with E-state index in [9.17, 15) is 9.59 Å². The molecule has 0 bridgehead atoms. The minimum atomic E-state index is -1.04. The van der Waals surface area contributed by atoms with Crippen LogP contribution in [0.25, 0.3) is 0 Å². The summed E-state index contributed by atoms with van der Waals surface area (Å²) in [5.41, 5.74) is -1.04. The van der Waals surface area contributed by atoms with Crippen molar-refractivity contribution in [2.24, 2.45) is 9.98 Å². The van der Waals surface area contributed by atoms with Gasteiger partial charge in [-0.3, -0.25) is 0 Å². The van der Waals surface area contributed by atoms with Gasteiger partial charge < -0.3 is 14.4 Å². The van der Waals surface area contributed by atoms with Gasteiger partial charge in [-0.15, -0.1) is 0 Å². The van der Waals surface area contributed by atoms with Gasteiger partial charge in [0.2, 0.25) is 0 Å². The number of aldehydes is 1. The maximum Gasteiger partial charge on any atom is 0.334 e. The van der Waals surface area contributed by atoms with E-state index in [-0.39, 0.29) is 0 Å². The van der Waals surface area contributed by atoms with E-state index in [1.54, 1.807) is 20.8 Å². The summed E-state index contributed by atoms with van der Waals surface area (Å²) in [4.78, 5) is 31.5. The first-order valence-corrected chi connectivity index (χ1v) is 5.73. The first kappa shape index (κ1) is 16.5. The molecule has 0 rings (SSSR count). The molecule has 1 atom stereocenters. The molecule has 1 unspecified atom stereocenters. The largest absolute Gasteiger partial charge is 0.463 e. The van der Waals surface area contributed by atoms with E-state index >= 15 is 0 Å². The topological polar surface area (TPSA) is 71.3 Å². The molecule has 0 saturated carbocycles. The number of hydrogen-bond donors (Lipinski definition) is 0. The van der Waals surface area contributed by atoms with Gasteiger partial charge in [0.05, 0.1) is 6.01 Å². The molecule has 18 heavy (non-hydrogen) atoms. The highest BCUT2D eigenvalue weighted by molar-refractivity contribution is 5.81. The van der Waals surface area contributed by atoms with Gasteiger partial charge in [-0.1, -0.05) is 0 Å². The zero-order chi connectivity index (χ0) is 14.2. The summed E-state index contributed by atoms with van der Waals surface area (Å²) in [6.45, 7) is 5.80. The Hall–Kier alpha value is -1.52. The lowest BCUT2D eigenvalue weighted by Gasteiger charge is -2.17. The highest BCUT2D eigenvalue weighted by Crippen LogP contribution is 2.10. The monoisotopic (exact) mass is 255 g/mol. The second-order valence-corrected chi connectivity index (χ2v) is 4.72. The average molecular weight is 255 g/mol. The van der Waals surface area contributed by atoms with Crippen molar-refractivity contribution < 1.29 is 14.3 Å². The number of aliphatic imine (C=N–C) groups is 2. The number of esters is 1. The van der Waals surface area contributed by atoms with Crippen LogP contribution in [-0.2, 0) is 14.3 Å². The van der Waals surface area contributed by atoms with E-state index < -0.39 is 17.6 Å². The molecular formula is C12H21N3O3. The Morgan fingerprint density at radius 2 is 2.11 bits per heavy atom. The third-order valence-electron chi connectivity index (χ3n) is 2.06. The molecule has 0 fully saturated rings. The highest BCUT2D eigenvalue weighted by Gasteiger charge is 2.28. The maximum atomic E-state index is 11.7. The van der Waals surface area contributed by atoms with Crippen molar-refractivity contribution in [1.29, 1.82) is 0 Å². The van der Waals surface area contributed by atoms with Crippen molar-refractivity contribution in [2.45, 2.75) is 32.4 Å². The lowest BCUT2D eigenvalue weighted by Crippen LogP contribution is -2.33. The van der Waals surface area contributed by atoms with Crippen LogP contribution < -0.4 is 0 Å². The molecular weight excluding hydrogens is 234 g/mol. The molecule has 102 valence electrons. The normalized spacial score (nSPS) is 12.6. The molecule has 0 radical (unpaired) electrons. The summed E-state index contributed by atoms with van der Waals surface area (Å²) in [5, 5.41) is 0. The van der Waals surface area contributed by atoms with Crippen LogP contribution in [0.4, 0.5) is 0 Å². The van der Waals surface area contributed by atoms with Crippen LogP contribution in [0.2, 0.25) is 0 Å². The smallest absolute Gasteiger partial charge is 0.334 e. The molecule has 0 spiro atoms. The summed E-state index contributed by atoms with van der Waals surface area (Å²) >= 11 is 0. The predicted molar refractivity (Wildman–Crippen MR) is 69.0 cm³/mol. The van der Waals surface area contributed by atoms with Gasteiger partial charge in [0.1, 0.15) is 18.9 Å². The van der Waals surface area contributed by atoms with Crippen LogP contribution in [0.15, 0.2) is 9.98 Å². The molecule has 0 saturated heterocycles. The number of carbonyl (C=O) groups is 2. The zero-order valence-corrected chi connectivity index (χ0v) is 11.6. The quantitative estimate of drug-likeness (QED) is 0.380. The lowest BCUT2D eigenvalue weighted by molar-refractivity contribution is -0.148. The Morgan fingerprint density at radius 1 is 1.50 bits per heavy atom. The number of hydrogen-bond acceptors (Lipinski definition) is 6.